The van der Waals surface area contributed by atoms with Crippen molar-refractivity contribution in [3.8, 4) is 44.5 Å². The molecule has 4 nitrogen and oxygen atoms in total. The van der Waals surface area contributed by atoms with Gasteiger partial charge in [0.25, 0.3) is 0 Å². The van der Waals surface area contributed by atoms with Gasteiger partial charge in [-0.05, 0) is 72.8 Å². The van der Waals surface area contributed by atoms with Crippen molar-refractivity contribution in [3.63, 3.8) is 0 Å². The molecule has 12 heteroatoms. The van der Waals surface area contributed by atoms with Gasteiger partial charge in [-0.2, -0.15) is 0 Å². The number of nitrogens with zero attached hydrogens (tertiary/aromatic N) is 2. The molecule has 0 spiro atoms. The minimum Gasteiger partial charge on any atom is -0.354 e. The Bertz CT molecular complexity index is 2640. The number of H-pyrrole nitrogens is 2. The van der Waals surface area contributed by atoms with Crippen molar-refractivity contribution >= 4 is 139 Å². The first-order chi connectivity index (χ1) is 27.1. The zero-order valence-corrected chi connectivity index (χ0v) is 34.5. The Labute approximate surface area is 360 Å². The van der Waals surface area contributed by atoms with Crippen molar-refractivity contribution < 1.29 is 0 Å². The Morgan fingerprint density at radius 2 is 0.536 bits per heavy atom. The average molecular weight is 890 g/mol. The summed E-state index contributed by atoms with van der Waals surface area (Å²) in [6.45, 7) is 0. The molecule has 0 saturated carbocycles. The Kier molecular flexibility index (Phi) is 9.98. The van der Waals surface area contributed by atoms with Gasteiger partial charge < -0.3 is 9.97 Å². The molecule has 0 fully saturated rings. The molecule has 3 aromatic heterocycles. The largest absolute Gasteiger partial charge is 0.354 e. The summed E-state index contributed by atoms with van der Waals surface area (Å²) in [7, 11) is 0. The van der Waals surface area contributed by atoms with E-state index < -0.39 is 0 Å². The van der Waals surface area contributed by atoms with Gasteiger partial charge in [-0.1, -0.05) is 141 Å². The second kappa shape index (κ2) is 14.9. The summed E-state index contributed by atoms with van der Waals surface area (Å²) in [5.74, 6) is 0. The number of nitrogens with one attached hydrogen (secondary N) is 2. The highest BCUT2D eigenvalue weighted by Gasteiger charge is 2.23. The molecule has 4 aromatic carbocycles. The summed E-state index contributed by atoms with van der Waals surface area (Å²) < 4.78 is 0. The van der Waals surface area contributed by atoms with Gasteiger partial charge >= 0.3 is 0 Å². The van der Waals surface area contributed by atoms with Crippen LogP contribution in [0.15, 0.2) is 97.1 Å². The fourth-order valence-corrected chi connectivity index (χ4v) is 8.71. The van der Waals surface area contributed by atoms with Crippen LogP contribution in [0.4, 0.5) is 0 Å². The highest BCUT2D eigenvalue weighted by Crippen LogP contribution is 2.45. The van der Waals surface area contributed by atoms with Crippen molar-refractivity contribution in [3.05, 3.63) is 160 Å². The topological polar surface area (TPSA) is 57.4 Å². The first-order valence-corrected chi connectivity index (χ1v) is 20.0. The SMILES string of the molecule is Clc1cccc(-c2c3nc(c(-c4cccc(Cl)c4Cl)c4ccc([nH]4)c(-c4cccc(Cl)c4Cl)c4nc(c(-c5cccc(Cl)c5Cl)c5ccc2[nH]5)C=C4)C=C3)c1Cl. The van der Waals surface area contributed by atoms with Crippen LogP contribution in [-0.4, -0.2) is 19.9 Å². The Morgan fingerprint density at radius 1 is 0.304 bits per heavy atom. The Morgan fingerprint density at radius 3 is 0.768 bits per heavy atom. The molecule has 56 heavy (non-hydrogen) atoms. The van der Waals surface area contributed by atoms with Crippen LogP contribution in [0.25, 0.3) is 90.9 Å². The molecule has 0 amide bonds. The van der Waals surface area contributed by atoms with Crippen LogP contribution in [0.2, 0.25) is 40.2 Å². The minimum absolute atomic E-state index is 0.377. The van der Waals surface area contributed by atoms with Gasteiger partial charge in [-0.25, -0.2) is 9.97 Å². The lowest BCUT2D eigenvalue weighted by Crippen LogP contribution is -1.91. The number of aromatic nitrogens is 4. The minimum atomic E-state index is 0.377. The normalized spacial score (nSPS) is 12.1. The maximum Gasteiger partial charge on any atom is 0.0737 e. The third kappa shape index (κ3) is 6.43. The van der Waals surface area contributed by atoms with Gasteiger partial charge in [-0.3, -0.25) is 0 Å². The van der Waals surface area contributed by atoms with E-state index in [0.29, 0.717) is 130 Å². The molecule has 0 unspecified atom stereocenters. The van der Waals surface area contributed by atoms with Crippen LogP contribution < -0.4 is 0 Å². The number of fused-ring (bicyclic) bond motifs is 8. The quantitative estimate of drug-likeness (QED) is 0.185. The zero-order valence-electron chi connectivity index (χ0n) is 28.5. The molecular weight excluding hydrogens is 868 g/mol. The van der Waals surface area contributed by atoms with Crippen molar-refractivity contribution in [2.45, 2.75) is 0 Å². The number of rotatable bonds is 4. The van der Waals surface area contributed by atoms with Crippen molar-refractivity contribution in [1.29, 1.82) is 0 Å². The Balaban J connectivity index is 1.52. The van der Waals surface area contributed by atoms with Gasteiger partial charge in [-0.15, -0.1) is 0 Å². The Hall–Kier alpha value is -4.20. The zero-order chi connectivity index (χ0) is 38.8. The third-order valence-electron chi connectivity index (χ3n) is 9.64. The molecule has 2 aliphatic rings. The monoisotopic (exact) mass is 886 g/mol. The van der Waals surface area contributed by atoms with E-state index in [1.54, 1.807) is 24.3 Å². The first kappa shape index (κ1) is 37.4. The van der Waals surface area contributed by atoms with E-state index in [2.05, 4.69) is 9.97 Å². The lowest BCUT2D eigenvalue weighted by molar-refractivity contribution is 1.31. The van der Waals surface area contributed by atoms with Crippen LogP contribution in [0.1, 0.15) is 22.8 Å². The maximum atomic E-state index is 6.96. The van der Waals surface area contributed by atoms with Crippen LogP contribution in [0.3, 0.4) is 0 Å². The molecule has 0 radical (unpaired) electrons. The lowest BCUT2D eigenvalue weighted by Gasteiger charge is -2.10. The summed E-state index contributed by atoms with van der Waals surface area (Å²) in [6.07, 6.45) is 7.76. The average Bonchev–Trinajstić information content (AvgIpc) is 4.03. The van der Waals surface area contributed by atoms with E-state index in [4.69, 9.17) is 103 Å². The predicted octanol–water partition coefficient (Wildman–Crippen LogP) is 16.6. The van der Waals surface area contributed by atoms with Gasteiger partial charge in [0.15, 0.2) is 0 Å². The summed E-state index contributed by atoms with van der Waals surface area (Å²) in [4.78, 5) is 17.8. The molecule has 0 atom stereocenters. The molecule has 5 heterocycles. The standard InChI is InChI=1S/C44H22Cl8N4/c45-25-9-1-5-21(41(25)49)37-29-13-15-31(53-29)38(22-6-2-10-26(46)42(22)50)33-17-19-35(55-33)40(24-8-4-12-28(48)44(24)52)36-20-18-34(56-36)39(32-16-14-30(37)54-32)23-7-3-11-27(47)43(23)51/h1-20,53,56H. The van der Waals surface area contributed by atoms with E-state index in [1.165, 1.54) is 0 Å². The second-order valence-corrected chi connectivity index (χ2v) is 16.0. The van der Waals surface area contributed by atoms with Crippen LogP contribution >= 0.6 is 92.8 Å². The van der Waals surface area contributed by atoms with Crippen molar-refractivity contribution in [1.82, 2.24) is 19.9 Å². The molecule has 2 N–H and O–H groups in total. The van der Waals surface area contributed by atoms with Gasteiger partial charge in [0.1, 0.15) is 0 Å². The molecule has 7 aromatic rings. The molecule has 0 saturated heterocycles. The number of hydrogen-bond donors (Lipinski definition) is 2. The highest BCUT2D eigenvalue weighted by atomic mass is 35.5. The molecule has 9 rings (SSSR count). The van der Waals surface area contributed by atoms with Gasteiger partial charge in [0, 0.05) is 66.6 Å². The van der Waals surface area contributed by atoms with Crippen molar-refractivity contribution in [2.24, 2.45) is 0 Å². The van der Waals surface area contributed by atoms with E-state index in [1.807, 2.05) is 97.1 Å². The molecule has 8 bridgehead atoms. The smallest absolute Gasteiger partial charge is 0.0737 e. The third-order valence-corrected chi connectivity index (χ3v) is 12.9. The van der Waals surface area contributed by atoms with Crippen molar-refractivity contribution in [2.75, 3.05) is 0 Å². The number of halogens is 8. The first-order valence-electron chi connectivity index (χ1n) is 17.0. The second-order valence-electron chi connectivity index (χ2n) is 12.9. The summed E-state index contributed by atoms with van der Waals surface area (Å²) in [6, 6.07) is 29.9. The van der Waals surface area contributed by atoms with E-state index in [-0.39, 0.29) is 0 Å². The summed E-state index contributed by atoms with van der Waals surface area (Å²) in [5.41, 5.74) is 10.9. The molecule has 0 aliphatic carbocycles. The predicted molar refractivity (Wildman–Crippen MR) is 241 cm³/mol. The maximum absolute atomic E-state index is 6.96. The van der Waals surface area contributed by atoms with Crippen LogP contribution in [0.5, 0.6) is 0 Å². The van der Waals surface area contributed by atoms with Gasteiger partial charge in [0.05, 0.1) is 63.0 Å². The van der Waals surface area contributed by atoms with E-state index >= 15 is 0 Å². The van der Waals surface area contributed by atoms with E-state index in [9.17, 15) is 0 Å². The number of benzene rings is 4. The number of aromatic amines is 2. The van der Waals surface area contributed by atoms with Crippen LogP contribution in [-0.2, 0) is 0 Å². The van der Waals surface area contributed by atoms with Crippen LogP contribution in [0, 0.1) is 0 Å². The fourth-order valence-electron chi connectivity index (χ4n) is 7.13. The molecule has 274 valence electrons. The molecule has 2 aliphatic heterocycles. The fraction of sp³-hybridized carbons (Fsp3) is 0. The van der Waals surface area contributed by atoms with E-state index in [0.717, 1.165) is 0 Å². The van der Waals surface area contributed by atoms with Gasteiger partial charge in [0.2, 0.25) is 0 Å². The summed E-state index contributed by atoms with van der Waals surface area (Å²) in [5, 5.41) is 3.11. The summed E-state index contributed by atoms with van der Waals surface area (Å²) >= 11 is 54.4. The number of hydrogen-bond acceptors (Lipinski definition) is 2. The molecular formula is C44H22Cl8N4. The highest BCUT2D eigenvalue weighted by molar-refractivity contribution is 6.46. The lowest BCUT2D eigenvalue weighted by atomic mass is 10.0.